The van der Waals surface area contributed by atoms with Crippen LogP contribution >= 0.6 is 27.5 Å². The van der Waals surface area contributed by atoms with Crippen molar-refractivity contribution in [2.75, 3.05) is 0 Å². The minimum Gasteiger partial charge on any atom is -0.422 e. The highest BCUT2D eigenvalue weighted by Gasteiger charge is 2.13. The Morgan fingerprint density at radius 1 is 1.14 bits per heavy atom. The van der Waals surface area contributed by atoms with Gasteiger partial charge in [-0.15, -0.1) is 0 Å². The summed E-state index contributed by atoms with van der Waals surface area (Å²) in [6.45, 7) is 0. The molecule has 0 spiro atoms. The first-order valence-electron chi connectivity index (χ1n) is 8.13. The molecule has 1 N–H and O–H groups in total. The maximum Gasteiger partial charge on any atom is 0.349 e. The molecule has 0 saturated heterocycles. The highest BCUT2D eigenvalue weighted by atomic mass is 79.9. The largest absolute Gasteiger partial charge is 0.422 e. The average Bonchev–Trinajstić information content (AvgIpc) is 2.68. The molecule has 8 heteroatoms. The van der Waals surface area contributed by atoms with Crippen LogP contribution in [-0.4, -0.2) is 17.1 Å². The van der Waals surface area contributed by atoms with Crippen LogP contribution in [0, 0.1) is 0 Å². The van der Waals surface area contributed by atoms with Gasteiger partial charge >= 0.3 is 5.63 Å². The molecule has 0 saturated carbocycles. The fraction of sp³-hybridized carbons (Fsp3) is 0. The molecule has 6 nitrogen and oxygen atoms in total. The summed E-state index contributed by atoms with van der Waals surface area (Å²) in [5, 5.41) is 5.65. The number of carbonyl (C=O) groups excluding carboxylic acids is 1. The predicted octanol–water partition coefficient (Wildman–Crippen LogP) is 4.52. The van der Waals surface area contributed by atoms with E-state index in [1.165, 1.54) is 12.3 Å². The number of pyridine rings is 1. The summed E-state index contributed by atoms with van der Waals surface area (Å²) in [6, 6.07) is 15.9. The number of rotatable bonds is 3. The number of nitrogens with one attached hydrogen (secondary N) is 1. The third kappa shape index (κ3) is 3.67. The summed E-state index contributed by atoms with van der Waals surface area (Å²) in [5.41, 5.74) is 3.11. The highest BCUT2D eigenvalue weighted by molar-refractivity contribution is 9.10. The quantitative estimate of drug-likeness (QED) is 0.213. The molecular weight excluding hydrogens is 446 g/mol. The van der Waals surface area contributed by atoms with E-state index in [1.54, 1.807) is 18.2 Å². The molecule has 0 radical (unpaired) electrons. The Bertz CT molecular complexity index is 1320. The summed E-state index contributed by atoms with van der Waals surface area (Å²) in [7, 11) is 0. The van der Waals surface area contributed by atoms with Crippen molar-refractivity contribution in [3.05, 3.63) is 85.8 Å². The Labute approximate surface area is 172 Å². The monoisotopic (exact) mass is 455 g/mol. The SMILES string of the molecule is O=C(N/N=C/c1cc2ccccc2nc1Cl)c1cc2cc(Br)ccc2oc1=O. The van der Waals surface area contributed by atoms with Crippen LogP contribution in [0.2, 0.25) is 5.15 Å². The van der Waals surface area contributed by atoms with Gasteiger partial charge in [-0.3, -0.25) is 4.79 Å². The lowest BCUT2D eigenvalue weighted by Gasteiger charge is -2.03. The number of hydrogen-bond donors (Lipinski definition) is 1. The Morgan fingerprint density at radius 3 is 2.82 bits per heavy atom. The van der Waals surface area contributed by atoms with Gasteiger partial charge in [0, 0.05) is 20.8 Å². The van der Waals surface area contributed by atoms with Crippen molar-refractivity contribution in [3.63, 3.8) is 0 Å². The van der Waals surface area contributed by atoms with Crippen molar-refractivity contribution in [3.8, 4) is 0 Å². The topological polar surface area (TPSA) is 84.6 Å². The van der Waals surface area contributed by atoms with Crippen LogP contribution in [0.4, 0.5) is 0 Å². The maximum absolute atomic E-state index is 12.3. The lowest BCUT2D eigenvalue weighted by atomic mass is 10.2. The molecule has 0 bridgehead atoms. The molecule has 4 aromatic rings. The number of carbonyl (C=O) groups is 1. The molecule has 0 atom stereocenters. The number of fused-ring (bicyclic) bond motifs is 2. The van der Waals surface area contributed by atoms with Gasteiger partial charge in [0.25, 0.3) is 5.91 Å². The van der Waals surface area contributed by atoms with Crippen LogP contribution in [0.3, 0.4) is 0 Å². The molecule has 0 aliphatic rings. The van der Waals surface area contributed by atoms with Crippen molar-refractivity contribution in [2.24, 2.45) is 5.10 Å². The van der Waals surface area contributed by atoms with E-state index in [1.807, 2.05) is 30.3 Å². The third-order valence-corrected chi connectivity index (χ3v) is 4.81. The van der Waals surface area contributed by atoms with E-state index in [0.717, 1.165) is 15.4 Å². The van der Waals surface area contributed by atoms with E-state index < -0.39 is 11.5 Å². The Balaban J connectivity index is 1.59. The molecule has 2 aromatic carbocycles. The van der Waals surface area contributed by atoms with Crippen molar-refractivity contribution < 1.29 is 9.21 Å². The number of hydrogen-bond acceptors (Lipinski definition) is 5. The number of para-hydroxylation sites is 1. The molecule has 1 amide bonds. The molecule has 28 heavy (non-hydrogen) atoms. The minimum absolute atomic E-state index is 0.148. The number of amides is 1. The van der Waals surface area contributed by atoms with Crippen molar-refractivity contribution in [1.29, 1.82) is 0 Å². The van der Waals surface area contributed by atoms with Gasteiger partial charge in [0.15, 0.2) is 0 Å². The number of aromatic nitrogens is 1. The van der Waals surface area contributed by atoms with E-state index in [0.29, 0.717) is 16.5 Å². The third-order valence-electron chi connectivity index (χ3n) is 4.01. The molecule has 0 unspecified atom stereocenters. The second kappa shape index (κ2) is 7.53. The van der Waals surface area contributed by atoms with E-state index in [2.05, 4.69) is 31.4 Å². The first-order valence-corrected chi connectivity index (χ1v) is 9.30. The van der Waals surface area contributed by atoms with Gasteiger partial charge in [-0.05, 0) is 36.4 Å². The van der Waals surface area contributed by atoms with Gasteiger partial charge in [0.1, 0.15) is 16.3 Å². The molecule has 2 aromatic heterocycles. The summed E-state index contributed by atoms with van der Waals surface area (Å²) >= 11 is 9.50. The molecule has 0 aliphatic carbocycles. The van der Waals surface area contributed by atoms with Crippen molar-refractivity contribution in [2.45, 2.75) is 0 Å². The van der Waals surface area contributed by atoms with E-state index in [9.17, 15) is 9.59 Å². The van der Waals surface area contributed by atoms with Gasteiger partial charge < -0.3 is 4.42 Å². The average molecular weight is 457 g/mol. The lowest BCUT2D eigenvalue weighted by Crippen LogP contribution is -2.24. The zero-order valence-corrected chi connectivity index (χ0v) is 16.5. The van der Waals surface area contributed by atoms with Gasteiger partial charge in [-0.25, -0.2) is 15.2 Å². The molecular formula is C20H11BrClN3O3. The lowest BCUT2D eigenvalue weighted by molar-refractivity contribution is 0.0951. The maximum atomic E-state index is 12.3. The zero-order chi connectivity index (χ0) is 19.7. The Morgan fingerprint density at radius 2 is 1.96 bits per heavy atom. The summed E-state index contributed by atoms with van der Waals surface area (Å²) in [4.78, 5) is 28.7. The number of benzene rings is 2. The second-order valence-electron chi connectivity index (χ2n) is 5.89. The molecule has 4 rings (SSSR count). The highest BCUT2D eigenvalue weighted by Crippen LogP contribution is 2.20. The first kappa shape index (κ1) is 18.3. The van der Waals surface area contributed by atoms with Crippen LogP contribution in [0.1, 0.15) is 15.9 Å². The summed E-state index contributed by atoms with van der Waals surface area (Å²) < 4.78 is 5.98. The fourth-order valence-electron chi connectivity index (χ4n) is 2.67. The number of hydrazone groups is 1. The standard InChI is InChI=1S/C20H11BrClN3O3/c21-14-5-6-17-12(8-14)9-15(20(27)28-17)19(26)25-23-10-13-7-11-3-1-2-4-16(11)24-18(13)22/h1-10H,(H,25,26)/b23-10+. The van der Waals surface area contributed by atoms with Crippen LogP contribution in [0.15, 0.2) is 73.4 Å². The van der Waals surface area contributed by atoms with E-state index in [-0.39, 0.29) is 10.7 Å². The van der Waals surface area contributed by atoms with E-state index >= 15 is 0 Å². The fourth-order valence-corrected chi connectivity index (χ4v) is 3.25. The van der Waals surface area contributed by atoms with Gasteiger partial charge in [0.05, 0.1) is 11.7 Å². The summed E-state index contributed by atoms with van der Waals surface area (Å²) in [5.74, 6) is -0.684. The summed E-state index contributed by atoms with van der Waals surface area (Å²) in [6.07, 6.45) is 1.37. The molecule has 0 aliphatic heterocycles. The van der Waals surface area contributed by atoms with E-state index in [4.69, 9.17) is 16.0 Å². The Hall–Kier alpha value is -3.03. The smallest absolute Gasteiger partial charge is 0.349 e. The molecule has 2 heterocycles. The minimum atomic E-state index is -0.743. The molecule has 138 valence electrons. The van der Waals surface area contributed by atoms with Crippen LogP contribution in [-0.2, 0) is 0 Å². The van der Waals surface area contributed by atoms with Gasteiger partial charge in [-0.1, -0.05) is 45.7 Å². The Kier molecular flexibility index (Phi) is 4.93. The van der Waals surface area contributed by atoms with Crippen LogP contribution < -0.4 is 11.1 Å². The first-order chi connectivity index (χ1) is 13.5. The normalized spacial score (nSPS) is 11.4. The molecule has 0 fully saturated rings. The van der Waals surface area contributed by atoms with Crippen LogP contribution in [0.5, 0.6) is 0 Å². The van der Waals surface area contributed by atoms with Crippen molar-refractivity contribution in [1.82, 2.24) is 10.4 Å². The van der Waals surface area contributed by atoms with Crippen molar-refractivity contribution >= 4 is 61.5 Å². The van der Waals surface area contributed by atoms with Crippen LogP contribution in [0.25, 0.3) is 21.9 Å². The zero-order valence-electron chi connectivity index (χ0n) is 14.1. The number of nitrogens with zero attached hydrogens (tertiary/aromatic N) is 2. The van der Waals surface area contributed by atoms with Gasteiger partial charge in [0.2, 0.25) is 0 Å². The number of halogens is 2. The predicted molar refractivity (Wildman–Crippen MR) is 112 cm³/mol. The van der Waals surface area contributed by atoms with Gasteiger partial charge in [-0.2, -0.15) is 5.10 Å². The second-order valence-corrected chi connectivity index (χ2v) is 7.16.